The van der Waals surface area contributed by atoms with Crippen molar-refractivity contribution in [2.24, 2.45) is 11.8 Å². The van der Waals surface area contributed by atoms with E-state index in [4.69, 9.17) is 0 Å². The van der Waals surface area contributed by atoms with E-state index in [-0.39, 0.29) is 11.8 Å². The van der Waals surface area contributed by atoms with E-state index < -0.39 is 5.97 Å². The topological polar surface area (TPSA) is 62.2 Å². The summed E-state index contributed by atoms with van der Waals surface area (Å²) in [7, 11) is 0. The standard InChI is InChI=1S/C14H20N2O2/c17-14(18)13-6-2-1-5-12(13)10-16-9-11-4-3-7-15-8-11/h3-4,7-8,12-13,16H,1-2,5-6,9-10H2,(H,17,18). The Morgan fingerprint density at radius 3 is 3.00 bits per heavy atom. The van der Waals surface area contributed by atoms with Crippen LogP contribution in [0.2, 0.25) is 0 Å². The van der Waals surface area contributed by atoms with Gasteiger partial charge in [0, 0.05) is 18.9 Å². The predicted molar refractivity (Wildman–Crippen MR) is 69.0 cm³/mol. The molecule has 1 aliphatic carbocycles. The molecule has 1 aliphatic rings. The van der Waals surface area contributed by atoms with Crippen LogP contribution in [0, 0.1) is 11.8 Å². The van der Waals surface area contributed by atoms with Crippen LogP contribution in [-0.2, 0) is 11.3 Å². The van der Waals surface area contributed by atoms with E-state index in [0.717, 1.165) is 44.3 Å². The van der Waals surface area contributed by atoms with Gasteiger partial charge in [0.25, 0.3) is 0 Å². The Balaban J connectivity index is 1.79. The highest BCUT2D eigenvalue weighted by Crippen LogP contribution is 2.29. The third-order valence-corrected chi connectivity index (χ3v) is 3.68. The van der Waals surface area contributed by atoms with E-state index in [1.807, 2.05) is 18.3 Å². The van der Waals surface area contributed by atoms with Gasteiger partial charge in [-0.25, -0.2) is 0 Å². The first kappa shape index (κ1) is 13.0. The molecule has 1 heterocycles. The van der Waals surface area contributed by atoms with E-state index in [1.165, 1.54) is 0 Å². The number of carboxylic acids is 1. The fraction of sp³-hybridized carbons (Fsp3) is 0.571. The van der Waals surface area contributed by atoms with Crippen molar-refractivity contribution in [2.75, 3.05) is 6.54 Å². The first-order chi connectivity index (χ1) is 8.77. The molecule has 98 valence electrons. The molecule has 0 spiro atoms. The molecule has 18 heavy (non-hydrogen) atoms. The smallest absolute Gasteiger partial charge is 0.306 e. The number of pyridine rings is 1. The molecule has 0 saturated heterocycles. The summed E-state index contributed by atoms with van der Waals surface area (Å²) in [6.45, 7) is 1.54. The lowest BCUT2D eigenvalue weighted by molar-refractivity contribution is -0.144. The second-order valence-electron chi connectivity index (χ2n) is 4.98. The first-order valence-electron chi connectivity index (χ1n) is 6.60. The highest BCUT2D eigenvalue weighted by molar-refractivity contribution is 5.70. The number of carbonyl (C=O) groups is 1. The van der Waals surface area contributed by atoms with Gasteiger partial charge in [0.05, 0.1) is 5.92 Å². The predicted octanol–water partition coefficient (Wildman–Crippen LogP) is 2.06. The fourth-order valence-corrected chi connectivity index (χ4v) is 2.68. The van der Waals surface area contributed by atoms with Crippen molar-refractivity contribution >= 4 is 5.97 Å². The van der Waals surface area contributed by atoms with Gasteiger partial charge in [-0.3, -0.25) is 9.78 Å². The first-order valence-corrected chi connectivity index (χ1v) is 6.60. The fourth-order valence-electron chi connectivity index (χ4n) is 2.68. The van der Waals surface area contributed by atoms with Gasteiger partial charge in [0.15, 0.2) is 0 Å². The molecule has 4 heteroatoms. The number of hydrogen-bond donors (Lipinski definition) is 2. The summed E-state index contributed by atoms with van der Waals surface area (Å²) in [6, 6.07) is 3.94. The van der Waals surface area contributed by atoms with Crippen molar-refractivity contribution in [3.05, 3.63) is 30.1 Å². The zero-order valence-electron chi connectivity index (χ0n) is 10.5. The minimum absolute atomic E-state index is 0.167. The number of rotatable bonds is 5. The maximum absolute atomic E-state index is 11.2. The van der Waals surface area contributed by atoms with Crippen molar-refractivity contribution < 1.29 is 9.90 Å². The van der Waals surface area contributed by atoms with Gasteiger partial charge < -0.3 is 10.4 Å². The Bertz CT molecular complexity index is 381. The summed E-state index contributed by atoms with van der Waals surface area (Å²) in [5, 5.41) is 12.5. The Kier molecular flexibility index (Phi) is 4.70. The van der Waals surface area contributed by atoms with Gasteiger partial charge in [0.1, 0.15) is 0 Å². The third kappa shape index (κ3) is 3.53. The van der Waals surface area contributed by atoms with Crippen molar-refractivity contribution in [1.82, 2.24) is 10.3 Å². The summed E-state index contributed by atoms with van der Waals surface area (Å²) in [5.41, 5.74) is 1.14. The van der Waals surface area contributed by atoms with Crippen LogP contribution >= 0.6 is 0 Å². The van der Waals surface area contributed by atoms with Crippen LogP contribution in [0.25, 0.3) is 0 Å². The molecule has 1 aromatic heterocycles. The van der Waals surface area contributed by atoms with Crippen LogP contribution in [0.5, 0.6) is 0 Å². The molecule has 2 rings (SSSR count). The summed E-state index contributed by atoms with van der Waals surface area (Å²) >= 11 is 0. The van der Waals surface area contributed by atoms with E-state index in [2.05, 4.69) is 10.3 Å². The molecule has 0 aliphatic heterocycles. The minimum atomic E-state index is -0.636. The Hall–Kier alpha value is -1.42. The van der Waals surface area contributed by atoms with Gasteiger partial charge >= 0.3 is 5.97 Å². The average Bonchev–Trinajstić information content (AvgIpc) is 2.40. The van der Waals surface area contributed by atoms with Crippen LogP contribution < -0.4 is 5.32 Å². The molecule has 4 nitrogen and oxygen atoms in total. The van der Waals surface area contributed by atoms with Crippen LogP contribution in [0.15, 0.2) is 24.5 Å². The lowest BCUT2D eigenvalue weighted by atomic mass is 9.79. The molecule has 1 aromatic rings. The number of aromatic nitrogens is 1. The Morgan fingerprint density at radius 1 is 1.44 bits per heavy atom. The van der Waals surface area contributed by atoms with Crippen molar-refractivity contribution in [1.29, 1.82) is 0 Å². The highest BCUT2D eigenvalue weighted by Gasteiger charge is 2.30. The number of carboxylic acid groups (broad SMARTS) is 1. The summed E-state index contributed by atoms with van der Waals surface area (Å²) in [4.78, 5) is 15.2. The van der Waals surface area contributed by atoms with Gasteiger partial charge in [-0.1, -0.05) is 18.9 Å². The molecule has 2 atom stereocenters. The molecule has 1 fully saturated rings. The van der Waals surface area contributed by atoms with Crippen molar-refractivity contribution in [2.45, 2.75) is 32.2 Å². The van der Waals surface area contributed by atoms with Crippen LogP contribution in [0.3, 0.4) is 0 Å². The zero-order valence-corrected chi connectivity index (χ0v) is 10.5. The lowest BCUT2D eigenvalue weighted by Crippen LogP contribution is -2.34. The van der Waals surface area contributed by atoms with Gasteiger partial charge in [0.2, 0.25) is 0 Å². The molecule has 2 N–H and O–H groups in total. The lowest BCUT2D eigenvalue weighted by Gasteiger charge is -2.28. The average molecular weight is 248 g/mol. The van der Waals surface area contributed by atoms with Crippen LogP contribution in [0.4, 0.5) is 0 Å². The molecule has 2 unspecified atom stereocenters. The number of aliphatic carboxylic acids is 1. The molecule has 0 aromatic carbocycles. The Morgan fingerprint density at radius 2 is 2.28 bits per heavy atom. The minimum Gasteiger partial charge on any atom is -0.481 e. The van der Waals surface area contributed by atoms with E-state index in [1.54, 1.807) is 6.20 Å². The molecular weight excluding hydrogens is 228 g/mol. The SMILES string of the molecule is O=C(O)C1CCCCC1CNCc1cccnc1. The Labute approximate surface area is 107 Å². The van der Waals surface area contributed by atoms with Crippen molar-refractivity contribution in [3.8, 4) is 0 Å². The van der Waals surface area contributed by atoms with Gasteiger partial charge in [-0.05, 0) is 36.9 Å². The monoisotopic (exact) mass is 248 g/mol. The van der Waals surface area contributed by atoms with Gasteiger partial charge in [-0.2, -0.15) is 0 Å². The molecule has 0 radical (unpaired) electrons. The quantitative estimate of drug-likeness (QED) is 0.837. The van der Waals surface area contributed by atoms with Crippen LogP contribution in [-0.4, -0.2) is 22.6 Å². The number of hydrogen-bond acceptors (Lipinski definition) is 3. The highest BCUT2D eigenvalue weighted by atomic mass is 16.4. The zero-order chi connectivity index (χ0) is 12.8. The number of nitrogens with zero attached hydrogens (tertiary/aromatic N) is 1. The maximum Gasteiger partial charge on any atom is 0.306 e. The van der Waals surface area contributed by atoms with Crippen LogP contribution in [0.1, 0.15) is 31.2 Å². The van der Waals surface area contributed by atoms with Gasteiger partial charge in [-0.15, -0.1) is 0 Å². The molecule has 0 amide bonds. The maximum atomic E-state index is 11.2. The largest absolute Gasteiger partial charge is 0.481 e. The molecule has 0 bridgehead atoms. The van der Waals surface area contributed by atoms with Crippen molar-refractivity contribution in [3.63, 3.8) is 0 Å². The number of nitrogens with one attached hydrogen (secondary N) is 1. The summed E-state index contributed by atoms with van der Waals surface area (Å²) in [6.07, 6.45) is 7.65. The van der Waals surface area contributed by atoms with E-state index >= 15 is 0 Å². The molecular formula is C14H20N2O2. The second kappa shape index (κ2) is 6.50. The summed E-state index contributed by atoms with van der Waals surface area (Å²) in [5.74, 6) is -0.532. The van der Waals surface area contributed by atoms with E-state index in [9.17, 15) is 9.90 Å². The second-order valence-corrected chi connectivity index (χ2v) is 4.98. The van der Waals surface area contributed by atoms with E-state index in [0.29, 0.717) is 0 Å². The molecule has 1 saturated carbocycles. The third-order valence-electron chi connectivity index (χ3n) is 3.68. The summed E-state index contributed by atoms with van der Waals surface area (Å²) < 4.78 is 0. The normalized spacial score (nSPS) is 23.8.